The third-order valence-electron chi connectivity index (χ3n) is 3.11. The molecule has 21 heavy (non-hydrogen) atoms. The Kier molecular flexibility index (Phi) is 4.83. The lowest BCUT2D eigenvalue weighted by atomic mass is 10.2. The van der Waals surface area contributed by atoms with Gasteiger partial charge in [0.2, 0.25) is 5.91 Å². The van der Waals surface area contributed by atoms with Crippen molar-refractivity contribution >= 4 is 33.0 Å². The van der Waals surface area contributed by atoms with Crippen molar-refractivity contribution in [3.63, 3.8) is 0 Å². The van der Waals surface area contributed by atoms with Gasteiger partial charge in [-0.15, -0.1) is 0 Å². The zero-order chi connectivity index (χ0) is 15.5. The van der Waals surface area contributed by atoms with E-state index in [4.69, 9.17) is 16.9 Å². The number of rotatable bonds is 3. The SMILES string of the molecule is N#Cc1ccc(NC(=O)CC2CS(=O)(=O)CCN2)c(Cl)c1. The van der Waals surface area contributed by atoms with Gasteiger partial charge in [-0.1, -0.05) is 11.6 Å². The summed E-state index contributed by atoms with van der Waals surface area (Å²) in [5.41, 5.74) is 0.803. The average molecular weight is 328 g/mol. The van der Waals surface area contributed by atoms with Gasteiger partial charge in [-0.05, 0) is 18.2 Å². The second-order valence-electron chi connectivity index (χ2n) is 4.82. The molecule has 1 atom stereocenters. The van der Waals surface area contributed by atoms with E-state index in [-0.39, 0.29) is 34.9 Å². The first-order chi connectivity index (χ1) is 9.89. The number of amides is 1. The van der Waals surface area contributed by atoms with Gasteiger partial charge in [-0.3, -0.25) is 4.79 Å². The Morgan fingerprint density at radius 2 is 2.29 bits per heavy atom. The molecule has 1 aromatic rings. The molecule has 1 aromatic carbocycles. The molecule has 1 amide bonds. The Balaban J connectivity index is 1.97. The molecular weight excluding hydrogens is 314 g/mol. The molecule has 1 unspecified atom stereocenters. The van der Waals surface area contributed by atoms with Gasteiger partial charge in [-0.25, -0.2) is 8.42 Å². The van der Waals surface area contributed by atoms with Crippen LogP contribution < -0.4 is 10.6 Å². The lowest BCUT2D eigenvalue weighted by molar-refractivity contribution is -0.116. The number of sulfone groups is 1. The van der Waals surface area contributed by atoms with Crippen LogP contribution >= 0.6 is 11.6 Å². The van der Waals surface area contributed by atoms with Crippen molar-refractivity contribution in [3.8, 4) is 6.07 Å². The molecule has 6 nitrogen and oxygen atoms in total. The number of anilines is 1. The van der Waals surface area contributed by atoms with Crippen molar-refractivity contribution < 1.29 is 13.2 Å². The van der Waals surface area contributed by atoms with Crippen LogP contribution in [0.1, 0.15) is 12.0 Å². The molecule has 8 heteroatoms. The molecule has 1 aliphatic heterocycles. The highest BCUT2D eigenvalue weighted by atomic mass is 35.5. The lowest BCUT2D eigenvalue weighted by Gasteiger charge is -2.23. The molecule has 2 rings (SSSR count). The first-order valence-electron chi connectivity index (χ1n) is 6.33. The van der Waals surface area contributed by atoms with Crippen LogP contribution in [0.3, 0.4) is 0 Å². The quantitative estimate of drug-likeness (QED) is 0.860. The average Bonchev–Trinajstić information content (AvgIpc) is 2.39. The monoisotopic (exact) mass is 327 g/mol. The zero-order valence-electron chi connectivity index (χ0n) is 11.1. The van der Waals surface area contributed by atoms with E-state index in [9.17, 15) is 13.2 Å². The molecule has 0 saturated carbocycles. The van der Waals surface area contributed by atoms with E-state index < -0.39 is 9.84 Å². The van der Waals surface area contributed by atoms with Crippen molar-refractivity contribution in [2.75, 3.05) is 23.4 Å². The molecular formula is C13H14ClN3O3S. The summed E-state index contributed by atoms with van der Waals surface area (Å²) in [6.07, 6.45) is 0.0512. The molecule has 1 saturated heterocycles. The normalized spacial score (nSPS) is 20.5. The largest absolute Gasteiger partial charge is 0.325 e. The fourth-order valence-corrected chi connectivity index (χ4v) is 3.78. The van der Waals surface area contributed by atoms with Crippen molar-refractivity contribution in [1.82, 2.24) is 5.32 Å². The number of carbonyl (C=O) groups is 1. The number of nitrogens with one attached hydrogen (secondary N) is 2. The van der Waals surface area contributed by atoms with Crippen LogP contribution in [0.15, 0.2) is 18.2 Å². The van der Waals surface area contributed by atoms with Crippen LogP contribution in [0.4, 0.5) is 5.69 Å². The minimum Gasteiger partial charge on any atom is -0.325 e. The van der Waals surface area contributed by atoms with Gasteiger partial charge in [0.1, 0.15) is 0 Å². The first kappa shape index (κ1) is 15.8. The summed E-state index contributed by atoms with van der Waals surface area (Å²) in [7, 11) is -3.07. The number of halogens is 1. The number of nitriles is 1. The van der Waals surface area contributed by atoms with E-state index in [0.717, 1.165) is 0 Å². The number of carbonyl (C=O) groups excluding carboxylic acids is 1. The predicted molar refractivity (Wildman–Crippen MR) is 79.9 cm³/mol. The van der Waals surface area contributed by atoms with Crippen molar-refractivity contribution in [3.05, 3.63) is 28.8 Å². The Hall–Kier alpha value is -1.62. The van der Waals surface area contributed by atoms with E-state index in [1.54, 1.807) is 12.1 Å². The van der Waals surface area contributed by atoms with Crippen LogP contribution in [0.25, 0.3) is 0 Å². The van der Waals surface area contributed by atoms with E-state index in [0.29, 0.717) is 17.8 Å². The smallest absolute Gasteiger partial charge is 0.226 e. The van der Waals surface area contributed by atoms with Crippen molar-refractivity contribution in [2.45, 2.75) is 12.5 Å². The predicted octanol–water partition coefficient (Wildman–Crippen LogP) is 0.927. The summed E-state index contributed by atoms with van der Waals surface area (Å²) in [5, 5.41) is 14.6. The van der Waals surface area contributed by atoms with Crippen LogP contribution in [0.2, 0.25) is 5.02 Å². The third-order valence-corrected chi connectivity index (χ3v) is 5.15. The molecule has 0 aliphatic carbocycles. The lowest BCUT2D eigenvalue weighted by Crippen LogP contribution is -2.46. The fraction of sp³-hybridized carbons (Fsp3) is 0.385. The Labute approximate surface area is 128 Å². The summed E-state index contributed by atoms with van der Waals surface area (Å²) in [6, 6.07) is 6.11. The number of hydrogen-bond acceptors (Lipinski definition) is 5. The summed E-state index contributed by atoms with van der Waals surface area (Å²) in [4.78, 5) is 11.9. The van der Waals surface area contributed by atoms with Gasteiger partial charge in [0, 0.05) is 19.0 Å². The fourth-order valence-electron chi connectivity index (χ4n) is 2.11. The van der Waals surface area contributed by atoms with Gasteiger partial charge in [-0.2, -0.15) is 5.26 Å². The topological polar surface area (TPSA) is 99.1 Å². The molecule has 1 aliphatic rings. The minimum absolute atomic E-state index is 0.0402. The van der Waals surface area contributed by atoms with Crippen LogP contribution in [-0.4, -0.2) is 38.4 Å². The highest BCUT2D eigenvalue weighted by molar-refractivity contribution is 7.91. The van der Waals surface area contributed by atoms with Gasteiger partial charge in [0.05, 0.1) is 33.8 Å². The van der Waals surface area contributed by atoms with E-state index in [1.165, 1.54) is 6.07 Å². The van der Waals surface area contributed by atoms with E-state index in [2.05, 4.69) is 10.6 Å². The summed E-state index contributed by atoms with van der Waals surface area (Å²) >= 11 is 5.96. The maximum atomic E-state index is 11.9. The molecule has 0 aromatic heterocycles. The minimum atomic E-state index is -3.07. The van der Waals surface area contributed by atoms with Gasteiger partial charge in [0.15, 0.2) is 9.84 Å². The Morgan fingerprint density at radius 1 is 1.52 bits per heavy atom. The molecule has 2 N–H and O–H groups in total. The number of hydrogen-bond donors (Lipinski definition) is 2. The van der Waals surface area contributed by atoms with Crippen LogP contribution in [-0.2, 0) is 14.6 Å². The zero-order valence-corrected chi connectivity index (χ0v) is 12.7. The maximum Gasteiger partial charge on any atom is 0.226 e. The van der Waals surface area contributed by atoms with Gasteiger partial charge < -0.3 is 10.6 Å². The van der Waals surface area contributed by atoms with Gasteiger partial charge in [0.25, 0.3) is 0 Å². The molecule has 0 spiro atoms. The van der Waals surface area contributed by atoms with E-state index >= 15 is 0 Å². The van der Waals surface area contributed by atoms with Crippen LogP contribution in [0.5, 0.6) is 0 Å². The Morgan fingerprint density at radius 3 is 2.90 bits per heavy atom. The molecule has 0 radical (unpaired) electrons. The highest BCUT2D eigenvalue weighted by Crippen LogP contribution is 2.23. The second kappa shape index (κ2) is 6.43. The maximum absolute atomic E-state index is 11.9. The van der Waals surface area contributed by atoms with Crippen molar-refractivity contribution in [1.29, 1.82) is 5.26 Å². The van der Waals surface area contributed by atoms with E-state index in [1.807, 2.05) is 6.07 Å². The molecule has 1 fully saturated rings. The summed E-state index contributed by atoms with van der Waals surface area (Å²) in [6.45, 7) is 0.359. The number of benzene rings is 1. The molecule has 112 valence electrons. The highest BCUT2D eigenvalue weighted by Gasteiger charge is 2.26. The molecule has 1 heterocycles. The summed E-state index contributed by atoms with van der Waals surface area (Å²) in [5.74, 6) is -0.259. The summed E-state index contributed by atoms with van der Waals surface area (Å²) < 4.78 is 23.0. The van der Waals surface area contributed by atoms with Crippen LogP contribution in [0, 0.1) is 11.3 Å². The Bertz CT molecular complexity index is 697. The molecule has 0 bridgehead atoms. The van der Waals surface area contributed by atoms with Gasteiger partial charge >= 0.3 is 0 Å². The van der Waals surface area contributed by atoms with Crippen molar-refractivity contribution in [2.24, 2.45) is 0 Å². The number of nitrogens with zero attached hydrogens (tertiary/aromatic N) is 1. The first-order valence-corrected chi connectivity index (χ1v) is 8.53. The third kappa shape index (κ3) is 4.43. The second-order valence-corrected chi connectivity index (χ2v) is 7.46. The standard InChI is InChI=1S/C13H14ClN3O3S/c14-11-5-9(7-15)1-2-12(11)17-13(18)6-10-8-21(19,20)4-3-16-10/h1-2,5,10,16H,3-4,6,8H2,(H,17,18).